The van der Waals surface area contributed by atoms with Crippen molar-refractivity contribution in [3.8, 4) is 17.2 Å². The van der Waals surface area contributed by atoms with Gasteiger partial charge in [0.2, 0.25) is 6.79 Å². The lowest BCUT2D eigenvalue weighted by atomic mass is 10.1. The van der Waals surface area contributed by atoms with E-state index in [0.29, 0.717) is 39.5 Å². The Morgan fingerprint density at radius 2 is 1.75 bits per heavy atom. The largest absolute Gasteiger partial charge is 0.454 e. The number of rotatable bonds is 3. The number of nitrogens with zero attached hydrogens (tertiary/aromatic N) is 3. The van der Waals surface area contributed by atoms with E-state index in [1.807, 2.05) is 13.0 Å². The Bertz CT molecular complexity index is 1370. The van der Waals surface area contributed by atoms with E-state index in [4.69, 9.17) is 21.7 Å². The number of nitrogens with one attached hydrogen (secondary N) is 2. The average Bonchev–Trinajstić information content (AvgIpc) is 3.40. The summed E-state index contributed by atoms with van der Waals surface area (Å²) in [6.45, 7) is 2.02. The first-order valence-corrected chi connectivity index (χ1v) is 10.0. The summed E-state index contributed by atoms with van der Waals surface area (Å²) in [5.41, 5.74) is 3.87. The van der Waals surface area contributed by atoms with Crippen molar-refractivity contribution in [1.82, 2.24) is 20.3 Å². The van der Waals surface area contributed by atoms with Crippen LogP contribution in [0.3, 0.4) is 0 Å². The SMILES string of the molecule is Cc1cc2nn(-c3ccc(F)cc3)nc2cc1NC(=S)NC(=O)c1ccc2c(c1)OCO2. The first-order valence-electron chi connectivity index (χ1n) is 9.62. The third-order valence-electron chi connectivity index (χ3n) is 4.89. The number of carbonyl (C=O) groups is 1. The number of thiocarbonyl (C=S) groups is 1. The van der Waals surface area contributed by atoms with Crippen LogP contribution in [0.15, 0.2) is 54.6 Å². The molecule has 4 aromatic rings. The van der Waals surface area contributed by atoms with E-state index in [9.17, 15) is 9.18 Å². The average molecular weight is 449 g/mol. The van der Waals surface area contributed by atoms with Gasteiger partial charge in [0.15, 0.2) is 16.6 Å². The van der Waals surface area contributed by atoms with E-state index in [0.717, 1.165) is 5.56 Å². The second-order valence-corrected chi connectivity index (χ2v) is 7.51. The number of carbonyl (C=O) groups excluding carboxylic acids is 1. The molecule has 3 aromatic carbocycles. The summed E-state index contributed by atoms with van der Waals surface area (Å²) in [5, 5.41) is 14.7. The number of hydrogen-bond donors (Lipinski definition) is 2. The molecule has 0 aliphatic carbocycles. The van der Waals surface area contributed by atoms with Crippen LogP contribution in [0.5, 0.6) is 11.5 Å². The number of halogens is 1. The smallest absolute Gasteiger partial charge is 0.257 e. The van der Waals surface area contributed by atoms with E-state index >= 15 is 0 Å². The van der Waals surface area contributed by atoms with E-state index < -0.39 is 0 Å². The zero-order chi connectivity index (χ0) is 22.2. The molecule has 2 N–H and O–H groups in total. The molecular weight excluding hydrogens is 433 g/mol. The van der Waals surface area contributed by atoms with Crippen LogP contribution >= 0.6 is 12.2 Å². The normalized spacial score (nSPS) is 12.1. The van der Waals surface area contributed by atoms with Crippen LogP contribution in [-0.4, -0.2) is 32.8 Å². The molecule has 0 bridgehead atoms. The van der Waals surface area contributed by atoms with Gasteiger partial charge < -0.3 is 14.8 Å². The van der Waals surface area contributed by atoms with Crippen LogP contribution in [0.1, 0.15) is 15.9 Å². The van der Waals surface area contributed by atoms with Gasteiger partial charge in [0, 0.05) is 11.3 Å². The van der Waals surface area contributed by atoms with E-state index in [2.05, 4.69) is 20.8 Å². The molecule has 8 nitrogen and oxygen atoms in total. The maximum Gasteiger partial charge on any atom is 0.257 e. The zero-order valence-corrected chi connectivity index (χ0v) is 17.6. The van der Waals surface area contributed by atoms with Gasteiger partial charge in [0.1, 0.15) is 16.9 Å². The van der Waals surface area contributed by atoms with Crippen LogP contribution in [0.2, 0.25) is 0 Å². The zero-order valence-electron chi connectivity index (χ0n) is 16.8. The molecule has 0 fully saturated rings. The molecule has 2 heterocycles. The number of anilines is 1. The Hall–Kier alpha value is -4.05. The summed E-state index contributed by atoms with van der Waals surface area (Å²) in [7, 11) is 0. The Kier molecular flexibility index (Phi) is 4.91. The van der Waals surface area contributed by atoms with Gasteiger partial charge in [-0.05, 0) is 79.3 Å². The molecule has 0 radical (unpaired) electrons. The van der Waals surface area contributed by atoms with Gasteiger partial charge in [-0.25, -0.2) is 4.39 Å². The van der Waals surface area contributed by atoms with Crippen LogP contribution in [-0.2, 0) is 0 Å². The number of amides is 1. The van der Waals surface area contributed by atoms with Crippen molar-refractivity contribution in [2.24, 2.45) is 0 Å². The number of ether oxygens (including phenoxy) is 2. The molecule has 1 aliphatic heterocycles. The highest BCUT2D eigenvalue weighted by molar-refractivity contribution is 7.80. The quantitative estimate of drug-likeness (QED) is 0.461. The van der Waals surface area contributed by atoms with Gasteiger partial charge in [-0.3, -0.25) is 10.1 Å². The second kappa shape index (κ2) is 7.89. The van der Waals surface area contributed by atoms with Crippen LogP contribution in [0.25, 0.3) is 16.7 Å². The lowest BCUT2D eigenvalue weighted by Crippen LogP contribution is -2.34. The molecule has 0 spiro atoms. The van der Waals surface area contributed by atoms with Crippen LogP contribution in [0.4, 0.5) is 10.1 Å². The molecule has 32 heavy (non-hydrogen) atoms. The maximum absolute atomic E-state index is 13.2. The second-order valence-electron chi connectivity index (χ2n) is 7.10. The highest BCUT2D eigenvalue weighted by Crippen LogP contribution is 2.32. The predicted octanol–water partition coefficient (Wildman–Crippen LogP) is 3.72. The van der Waals surface area contributed by atoms with Gasteiger partial charge in [-0.15, -0.1) is 10.2 Å². The van der Waals surface area contributed by atoms with Crippen LogP contribution in [0, 0.1) is 12.7 Å². The summed E-state index contributed by atoms with van der Waals surface area (Å²) < 4.78 is 23.7. The molecule has 1 aromatic heterocycles. The monoisotopic (exact) mass is 449 g/mol. The highest BCUT2D eigenvalue weighted by atomic mass is 32.1. The first kappa shape index (κ1) is 19.9. The van der Waals surface area contributed by atoms with Crippen molar-refractivity contribution in [3.05, 3.63) is 71.5 Å². The molecule has 1 amide bonds. The molecule has 160 valence electrons. The number of fused-ring (bicyclic) bond motifs is 2. The van der Waals surface area contributed by atoms with Gasteiger partial charge in [-0.2, -0.15) is 4.80 Å². The third kappa shape index (κ3) is 3.83. The summed E-state index contributed by atoms with van der Waals surface area (Å²) in [6.07, 6.45) is 0. The number of aromatic nitrogens is 3. The van der Waals surface area contributed by atoms with Crippen molar-refractivity contribution < 1.29 is 18.7 Å². The molecule has 0 unspecified atom stereocenters. The van der Waals surface area contributed by atoms with Crippen molar-refractivity contribution in [2.75, 3.05) is 12.1 Å². The lowest BCUT2D eigenvalue weighted by molar-refractivity contribution is 0.0977. The summed E-state index contributed by atoms with van der Waals surface area (Å²) >= 11 is 5.31. The lowest BCUT2D eigenvalue weighted by Gasteiger charge is -2.12. The summed E-state index contributed by atoms with van der Waals surface area (Å²) in [6, 6.07) is 14.5. The molecular formula is C22H16FN5O3S. The Morgan fingerprint density at radius 3 is 2.53 bits per heavy atom. The minimum absolute atomic E-state index is 0.133. The fourth-order valence-electron chi connectivity index (χ4n) is 3.26. The van der Waals surface area contributed by atoms with Crippen molar-refractivity contribution in [3.63, 3.8) is 0 Å². The minimum Gasteiger partial charge on any atom is -0.454 e. The molecule has 10 heteroatoms. The summed E-state index contributed by atoms with van der Waals surface area (Å²) in [5.74, 6) is 0.410. The number of benzene rings is 3. The van der Waals surface area contributed by atoms with Gasteiger partial charge in [-0.1, -0.05) is 0 Å². The molecule has 5 rings (SSSR count). The number of hydrogen-bond acceptors (Lipinski definition) is 6. The Labute approximate surface area is 186 Å². The third-order valence-corrected chi connectivity index (χ3v) is 5.10. The maximum atomic E-state index is 13.2. The van der Waals surface area contributed by atoms with Crippen molar-refractivity contribution in [1.29, 1.82) is 0 Å². The van der Waals surface area contributed by atoms with Gasteiger partial charge >= 0.3 is 0 Å². The fraction of sp³-hybridized carbons (Fsp3) is 0.0909. The summed E-state index contributed by atoms with van der Waals surface area (Å²) in [4.78, 5) is 14.0. The van der Waals surface area contributed by atoms with E-state index in [1.165, 1.54) is 16.9 Å². The standard InChI is InChI=1S/C22H16FN5O3S/c1-12-8-17-18(27-28(26-17)15-5-3-14(23)4-6-15)10-16(12)24-22(32)25-21(29)13-2-7-19-20(9-13)31-11-30-19/h2-10H,11H2,1H3,(H2,24,25,29,32). The van der Waals surface area contributed by atoms with Crippen molar-refractivity contribution >= 4 is 40.0 Å². The predicted molar refractivity (Wildman–Crippen MR) is 120 cm³/mol. The topological polar surface area (TPSA) is 90.3 Å². The van der Waals surface area contributed by atoms with E-state index in [1.54, 1.807) is 36.4 Å². The van der Waals surface area contributed by atoms with Gasteiger partial charge in [0.05, 0.1) is 5.69 Å². The Morgan fingerprint density at radius 1 is 1.03 bits per heavy atom. The number of aryl methyl sites for hydroxylation is 1. The molecule has 1 aliphatic rings. The molecule has 0 saturated carbocycles. The van der Waals surface area contributed by atoms with Gasteiger partial charge in [0.25, 0.3) is 5.91 Å². The Balaban J connectivity index is 1.33. The van der Waals surface area contributed by atoms with E-state index in [-0.39, 0.29) is 23.6 Å². The fourth-order valence-corrected chi connectivity index (χ4v) is 3.46. The highest BCUT2D eigenvalue weighted by Gasteiger charge is 2.17. The molecule has 0 saturated heterocycles. The van der Waals surface area contributed by atoms with Crippen LogP contribution < -0.4 is 20.1 Å². The first-order chi connectivity index (χ1) is 15.5. The minimum atomic E-state index is -0.373. The van der Waals surface area contributed by atoms with Crippen molar-refractivity contribution in [2.45, 2.75) is 6.92 Å². The molecule has 0 atom stereocenters.